The fourth-order valence-electron chi connectivity index (χ4n) is 1.76. The molecule has 0 fully saturated rings. The Kier molecular flexibility index (Phi) is 2.78. The SMILES string of the molecule is COc1ccc(-c2cc3nc[nH]c(=O)c3[se]2)cc1. The molecule has 1 N–H and O–H groups in total. The number of H-pyrrole nitrogens is 1. The van der Waals surface area contributed by atoms with E-state index >= 15 is 0 Å². The molecule has 0 saturated heterocycles. The zero-order valence-corrected chi connectivity index (χ0v) is 11.3. The second kappa shape index (κ2) is 4.44. The zero-order chi connectivity index (χ0) is 12.5. The fourth-order valence-corrected chi connectivity index (χ4v) is 3.89. The van der Waals surface area contributed by atoms with Gasteiger partial charge in [-0.05, 0) is 0 Å². The van der Waals surface area contributed by atoms with E-state index in [0.29, 0.717) is 0 Å². The molecule has 0 aliphatic heterocycles. The summed E-state index contributed by atoms with van der Waals surface area (Å²) in [6, 6.07) is 9.85. The maximum absolute atomic E-state index is 11.7. The van der Waals surface area contributed by atoms with Gasteiger partial charge in [0.15, 0.2) is 0 Å². The first-order valence-electron chi connectivity index (χ1n) is 5.39. The zero-order valence-electron chi connectivity index (χ0n) is 9.64. The van der Waals surface area contributed by atoms with Crippen LogP contribution in [0, 0.1) is 0 Å². The maximum atomic E-state index is 11.7. The molecule has 3 aromatic rings. The average molecular weight is 305 g/mol. The van der Waals surface area contributed by atoms with Crippen LogP contribution < -0.4 is 10.3 Å². The molecule has 0 amide bonds. The molecule has 0 aliphatic carbocycles. The molecule has 4 nitrogen and oxygen atoms in total. The summed E-state index contributed by atoms with van der Waals surface area (Å²) in [5.74, 6) is 0.832. The van der Waals surface area contributed by atoms with E-state index in [0.717, 1.165) is 21.1 Å². The van der Waals surface area contributed by atoms with Gasteiger partial charge in [-0.2, -0.15) is 0 Å². The van der Waals surface area contributed by atoms with Crippen LogP contribution in [0.1, 0.15) is 0 Å². The van der Waals surface area contributed by atoms with Gasteiger partial charge < -0.3 is 0 Å². The van der Waals surface area contributed by atoms with Crippen molar-refractivity contribution in [3.05, 3.63) is 47.0 Å². The van der Waals surface area contributed by atoms with Crippen molar-refractivity contribution in [3.8, 4) is 15.8 Å². The number of benzene rings is 1. The number of aromatic nitrogens is 2. The summed E-state index contributed by atoms with van der Waals surface area (Å²) in [7, 11) is 1.65. The van der Waals surface area contributed by atoms with Crippen molar-refractivity contribution in [1.82, 2.24) is 9.97 Å². The summed E-state index contributed by atoms with van der Waals surface area (Å²) in [4.78, 5) is 18.5. The minimum atomic E-state index is -0.0280. The number of hydrogen-bond acceptors (Lipinski definition) is 3. The number of aromatic amines is 1. The molecule has 18 heavy (non-hydrogen) atoms. The normalized spacial score (nSPS) is 10.7. The van der Waals surface area contributed by atoms with Crippen molar-refractivity contribution in [2.24, 2.45) is 0 Å². The topological polar surface area (TPSA) is 55.0 Å². The van der Waals surface area contributed by atoms with Gasteiger partial charge in [-0.1, -0.05) is 0 Å². The van der Waals surface area contributed by atoms with Gasteiger partial charge in [-0.25, -0.2) is 0 Å². The third-order valence-electron chi connectivity index (χ3n) is 2.69. The Labute approximate surface area is 109 Å². The first-order valence-corrected chi connectivity index (χ1v) is 7.11. The molecule has 0 aliphatic rings. The molecule has 0 spiro atoms. The Bertz CT molecular complexity index is 744. The summed E-state index contributed by atoms with van der Waals surface area (Å²) < 4.78 is 7.10. The van der Waals surface area contributed by atoms with Gasteiger partial charge in [0.25, 0.3) is 0 Å². The summed E-state index contributed by atoms with van der Waals surface area (Å²) in [6.45, 7) is 0. The van der Waals surface area contributed by atoms with E-state index in [2.05, 4.69) is 9.97 Å². The Morgan fingerprint density at radius 2 is 2.06 bits per heavy atom. The van der Waals surface area contributed by atoms with Gasteiger partial charge in [0.05, 0.1) is 0 Å². The summed E-state index contributed by atoms with van der Waals surface area (Å²) in [6.07, 6.45) is 1.45. The Morgan fingerprint density at radius 1 is 1.28 bits per heavy atom. The summed E-state index contributed by atoms with van der Waals surface area (Å²) in [5, 5.41) is 0. The molecule has 3 rings (SSSR count). The molecule has 90 valence electrons. The van der Waals surface area contributed by atoms with Crippen LogP contribution in [0.4, 0.5) is 0 Å². The van der Waals surface area contributed by atoms with Crippen molar-refractivity contribution >= 4 is 24.3 Å². The Hall–Kier alpha value is -1.84. The van der Waals surface area contributed by atoms with E-state index < -0.39 is 0 Å². The predicted octanol–water partition coefficient (Wildman–Crippen LogP) is 1.66. The Morgan fingerprint density at radius 3 is 2.72 bits per heavy atom. The molecule has 1 aromatic carbocycles. The molecule has 0 atom stereocenters. The van der Waals surface area contributed by atoms with E-state index in [1.54, 1.807) is 7.11 Å². The van der Waals surface area contributed by atoms with Gasteiger partial charge in [0, 0.05) is 0 Å². The van der Waals surface area contributed by atoms with Gasteiger partial charge >= 0.3 is 109 Å². The van der Waals surface area contributed by atoms with Gasteiger partial charge in [0.2, 0.25) is 0 Å². The molecule has 0 unspecified atom stereocenters. The predicted molar refractivity (Wildman–Crippen MR) is 71.3 cm³/mol. The average Bonchev–Trinajstić information content (AvgIpc) is 2.84. The number of ether oxygens (including phenoxy) is 1. The number of nitrogens with one attached hydrogen (secondary N) is 1. The van der Waals surface area contributed by atoms with Crippen molar-refractivity contribution < 1.29 is 4.74 Å². The van der Waals surface area contributed by atoms with Gasteiger partial charge in [-0.15, -0.1) is 0 Å². The third kappa shape index (κ3) is 1.88. The van der Waals surface area contributed by atoms with E-state index in [9.17, 15) is 4.79 Å². The van der Waals surface area contributed by atoms with Crippen LogP contribution in [0.25, 0.3) is 19.8 Å². The van der Waals surface area contributed by atoms with Crippen molar-refractivity contribution in [3.63, 3.8) is 0 Å². The Balaban J connectivity index is 2.13. The number of hydrogen-bond donors (Lipinski definition) is 1. The first kappa shape index (κ1) is 11.3. The van der Waals surface area contributed by atoms with E-state index in [-0.39, 0.29) is 20.1 Å². The molecular formula is C13H10N2O2Se. The second-order valence-corrected chi connectivity index (χ2v) is 5.99. The van der Waals surface area contributed by atoms with Crippen molar-refractivity contribution in [1.29, 1.82) is 0 Å². The number of nitrogens with zero attached hydrogens (tertiary/aromatic N) is 1. The summed E-state index contributed by atoms with van der Waals surface area (Å²) in [5.41, 5.74) is 1.89. The second-order valence-electron chi connectivity index (χ2n) is 3.79. The summed E-state index contributed by atoms with van der Waals surface area (Å²) >= 11 is 0.0196. The molecular weight excluding hydrogens is 295 g/mol. The van der Waals surface area contributed by atoms with Crippen LogP contribution in [0.15, 0.2) is 41.5 Å². The fraction of sp³-hybridized carbons (Fsp3) is 0.0769. The minimum absolute atomic E-state index is 0.0196. The van der Waals surface area contributed by atoms with Crippen LogP contribution >= 0.6 is 0 Å². The number of methoxy groups -OCH3 is 1. The van der Waals surface area contributed by atoms with E-state index in [4.69, 9.17) is 4.74 Å². The van der Waals surface area contributed by atoms with Crippen molar-refractivity contribution in [2.75, 3.05) is 7.11 Å². The van der Waals surface area contributed by atoms with Crippen molar-refractivity contribution in [2.45, 2.75) is 0 Å². The van der Waals surface area contributed by atoms with Gasteiger partial charge in [-0.3, -0.25) is 0 Å². The van der Waals surface area contributed by atoms with Gasteiger partial charge in [0.1, 0.15) is 0 Å². The molecule has 0 radical (unpaired) electrons. The van der Waals surface area contributed by atoms with Crippen LogP contribution in [0.5, 0.6) is 5.75 Å². The molecule has 0 saturated carbocycles. The molecule has 0 bridgehead atoms. The van der Waals surface area contributed by atoms with Crippen LogP contribution in [0.3, 0.4) is 0 Å². The van der Waals surface area contributed by atoms with E-state index in [1.807, 2.05) is 30.3 Å². The monoisotopic (exact) mass is 306 g/mol. The number of fused-ring (bicyclic) bond motifs is 1. The molecule has 2 heterocycles. The molecule has 5 heteroatoms. The quantitative estimate of drug-likeness (QED) is 0.733. The molecule has 2 aromatic heterocycles. The standard InChI is InChI=1S/C13H10N2O2Se/c1-17-9-4-2-8(3-5-9)11-6-10-12(18-11)13(16)15-7-14-10/h2-7H,1H3,(H,14,15,16). The van der Waals surface area contributed by atoms with Crippen LogP contribution in [0.2, 0.25) is 0 Å². The van der Waals surface area contributed by atoms with Crippen LogP contribution in [-0.2, 0) is 0 Å². The van der Waals surface area contributed by atoms with E-state index in [1.165, 1.54) is 10.8 Å². The first-order chi connectivity index (χ1) is 8.78. The third-order valence-corrected chi connectivity index (χ3v) is 5.15. The van der Waals surface area contributed by atoms with Crippen LogP contribution in [-0.4, -0.2) is 31.6 Å². The number of rotatable bonds is 2.